The molecule has 2 aromatic rings. The Labute approximate surface area is 227 Å². The third-order valence-electron chi connectivity index (χ3n) is 9.40. The number of halogens is 1. The van der Waals surface area contributed by atoms with Crippen molar-refractivity contribution in [1.29, 1.82) is 5.26 Å². The van der Waals surface area contributed by atoms with Gasteiger partial charge in [0, 0.05) is 19.0 Å². The fourth-order valence-electron chi connectivity index (χ4n) is 7.34. The molecule has 2 bridgehead atoms. The van der Waals surface area contributed by atoms with Crippen molar-refractivity contribution in [2.45, 2.75) is 77.7 Å². The molecular weight excluding hydrogens is 475 g/mol. The van der Waals surface area contributed by atoms with E-state index in [4.69, 9.17) is 5.26 Å². The number of hydrogen-bond acceptors (Lipinski definition) is 6. The summed E-state index contributed by atoms with van der Waals surface area (Å²) in [5.74, 6) is 2.80. The Kier molecular flexibility index (Phi) is 8.79. The van der Waals surface area contributed by atoms with Crippen LogP contribution >= 0.6 is 0 Å². The van der Waals surface area contributed by atoms with Crippen LogP contribution in [-0.4, -0.2) is 29.6 Å². The van der Waals surface area contributed by atoms with Crippen LogP contribution in [0.1, 0.15) is 75.3 Å². The molecule has 6 nitrogen and oxygen atoms in total. The maximum Gasteiger partial charge on any atom is 0.225 e. The normalized spacial score (nSPS) is 28.9. The summed E-state index contributed by atoms with van der Waals surface area (Å²) in [6, 6.07) is 10.7. The van der Waals surface area contributed by atoms with E-state index in [0.29, 0.717) is 30.1 Å². The van der Waals surface area contributed by atoms with Crippen molar-refractivity contribution in [1.82, 2.24) is 15.3 Å². The predicted molar refractivity (Wildman–Crippen MR) is 150 cm³/mol. The Balaban J connectivity index is 1.14. The van der Waals surface area contributed by atoms with Gasteiger partial charge in [0.25, 0.3) is 0 Å². The zero-order valence-corrected chi connectivity index (χ0v) is 22.8. The summed E-state index contributed by atoms with van der Waals surface area (Å²) in [5, 5.41) is 19.6. The number of aryl methyl sites for hydroxylation is 1. The van der Waals surface area contributed by atoms with E-state index in [1.165, 1.54) is 68.7 Å². The number of hydrogen-bond donors (Lipinski definition) is 3. The summed E-state index contributed by atoms with van der Waals surface area (Å²) < 4.78 is 14.7. The highest BCUT2D eigenvalue weighted by atomic mass is 19.1. The van der Waals surface area contributed by atoms with Crippen molar-refractivity contribution < 1.29 is 4.39 Å². The van der Waals surface area contributed by atoms with Crippen molar-refractivity contribution in [3.05, 3.63) is 47.4 Å². The highest BCUT2D eigenvalue weighted by molar-refractivity contribution is 5.42. The molecule has 3 N–H and O–H groups in total. The van der Waals surface area contributed by atoms with Crippen LogP contribution in [0.15, 0.2) is 30.5 Å². The lowest BCUT2D eigenvalue weighted by atomic mass is 9.59. The molecule has 7 heteroatoms. The molecule has 1 heterocycles. The molecule has 0 saturated heterocycles. The first-order valence-corrected chi connectivity index (χ1v) is 14.7. The predicted octanol–water partition coefficient (Wildman–Crippen LogP) is 6.45. The first kappa shape index (κ1) is 26.9. The monoisotopic (exact) mass is 518 g/mol. The summed E-state index contributed by atoms with van der Waals surface area (Å²) in [5.41, 5.74) is 2.60. The highest BCUT2D eigenvalue weighted by Gasteiger charge is 2.43. The van der Waals surface area contributed by atoms with E-state index in [-0.39, 0.29) is 11.3 Å². The number of nitriles is 1. The Morgan fingerprint density at radius 2 is 1.87 bits per heavy atom. The number of fused-ring (bicyclic) bond motifs is 2. The van der Waals surface area contributed by atoms with Gasteiger partial charge in [0.2, 0.25) is 5.95 Å². The minimum atomic E-state index is -0.393. The first-order chi connectivity index (χ1) is 18.5. The van der Waals surface area contributed by atoms with Crippen molar-refractivity contribution in [2.75, 3.05) is 30.3 Å². The van der Waals surface area contributed by atoms with Gasteiger partial charge in [-0.05, 0) is 106 Å². The fourth-order valence-corrected chi connectivity index (χ4v) is 7.34. The molecule has 0 amide bonds. The van der Waals surface area contributed by atoms with Crippen molar-refractivity contribution in [3.63, 3.8) is 0 Å². The second kappa shape index (κ2) is 12.4. The van der Waals surface area contributed by atoms with Crippen LogP contribution in [0, 0.1) is 53.2 Å². The average molecular weight is 519 g/mol. The number of benzene rings is 1. The van der Waals surface area contributed by atoms with Gasteiger partial charge >= 0.3 is 0 Å². The van der Waals surface area contributed by atoms with E-state index in [1.807, 2.05) is 12.1 Å². The second-order valence-corrected chi connectivity index (χ2v) is 12.3. The molecule has 1 aromatic carbocycles. The molecule has 0 radical (unpaired) electrons. The van der Waals surface area contributed by atoms with E-state index in [2.05, 4.69) is 51.0 Å². The zero-order valence-electron chi connectivity index (χ0n) is 22.8. The SMILES string of the molecule is Cc1ccccc1CNc1ncc(F)c(NC[C@@]23CCCC(C[C@@H](CNC[C@H]4CC[C@@H](C#N)CC4)C2)C3)n1. The van der Waals surface area contributed by atoms with Crippen molar-refractivity contribution in [2.24, 2.45) is 29.1 Å². The third kappa shape index (κ3) is 6.83. The molecule has 204 valence electrons. The molecular formula is C31H43FN6. The largest absolute Gasteiger partial charge is 0.367 e. The van der Waals surface area contributed by atoms with Crippen LogP contribution in [-0.2, 0) is 6.54 Å². The number of anilines is 2. The van der Waals surface area contributed by atoms with Gasteiger partial charge in [-0.3, -0.25) is 0 Å². The minimum absolute atomic E-state index is 0.213. The number of aromatic nitrogens is 2. The molecule has 3 aliphatic carbocycles. The van der Waals surface area contributed by atoms with Crippen LogP contribution in [0.25, 0.3) is 0 Å². The molecule has 5 rings (SSSR count). The summed E-state index contributed by atoms with van der Waals surface area (Å²) in [4.78, 5) is 8.67. The molecule has 3 saturated carbocycles. The van der Waals surface area contributed by atoms with Gasteiger partial charge < -0.3 is 16.0 Å². The van der Waals surface area contributed by atoms with E-state index >= 15 is 0 Å². The van der Waals surface area contributed by atoms with E-state index in [0.717, 1.165) is 38.4 Å². The molecule has 3 aliphatic rings. The average Bonchev–Trinajstić information content (AvgIpc) is 2.93. The van der Waals surface area contributed by atoms with Gasteiger partial charge in [0.1, 0.15) is 0 Å². The van der Waals surface area contributed by atoms with Crippen LogP contribution in [0.3, 0.4) is 0 Å². The lowest BCUT2D eigenvalue weighted by molar-refractivity contribution is 0.0496. The Morgan fingerprint density at radius 1 is 1.05 bits per heavy atom. The van der Waals surface area contributed by atoms with Gasteiger partial charge in [0.05, 0.1) is 12.3 Å². The molecule has 38 heavy (non-hydrogen) atoms. The summed E-state index contributed by atoms with van der Waals surface area (Å²) in [7, 11) is 0. The molecule has 3 fully saturated rings. The molecule has 3 atom stereocenters. The van der Waals surface area contributed by atoms with Gasteiger partial charge in [-0.2, -0.15) is 10.2 Å². The summed E-state index contributed by atoms with van der Waals surface area (Å²) >= 11 is 0. The van der Waals surface area contributed by atoms with Gasteiger partial charge in [-0.15, -0.1) is 0 Å². The fraction of sp³-hybridized carbons (Fsp3) is 0.645. The Hall–Kier alpha value is -2.72. The van der Waals surface area contributed by atoms with Crippen molar-refractivity contribution in [3.8, 4) is 6.07 Å². The number of rotatable bonds is 10. The smallest absolute Gasteiger partial charge is 0.225 e. The lowest BCUT2D eigenvalue weighted by Crippen LogP contribution is -2.44. The quantitative estimate of drug-likeness (QED) is 0.335. The first-order valence-electron chi connectivity index (χ1n) is 14.7. The molecule has 0 aliphatic heterocycles. The summed E-state index contributed by atoms with van der Waals surface area (Å²) in [6.45, 7) is 5.61. The molecule has 0 spiro atoms. The number of nitrogens with zero attached hydrogens (tertiary/aromatic N) is 3. The lowest BCUT2D eigenvalue weighted by Gasteiger charge is -2.49. The minimum Gasteiger partial charge on any atom is -0.367 e. The molecule has 1 aromatic heterocycles. The van der Waals surface area contributed by atoms with E-state index < -0.39 is 5.82 Å². The van der Waals surface area contributed by atoms with Crippen LogP contribution < -0.4 is 16.0 Å². The Bertz CT molecular complexity index is 1110. The summed E-state index contributed by atoms with van der Waals surface area (Å²) in [6.07, 6.45) is 13.3. The van der Waals surface area contributed by atoms with Crippen LogP contribution in [0.5, 0.6) is 0 Å². The van der Waals surface area contributed by atoms with Crippen LogP contribution in [0.2, 0.25) is 0 Å². The van der Waals surface area contributed by atoms with Gasteiger partial charge in [-0.1, -0.05) is 37.1 Å². The van der Waals surface area contributed by atoms with Crippen LogP contribution in [0.4, 0.5) is 16.2 Å². The standard InChI is InChI=1S/C31H43FN6/c1-22-5-2-3-7-27(22)19-35-30-36-20-28(32)29(38-30)37-21-31-12-4-6-25(14-31)13-26(15-31)18-34-17-24-10-8-23(16-33)9-11-24/h2-3,5,7,20,23-26,34H,4,6,8-15,17-19,21H2,1H3,(H2,35,36,37,38)/t23-,24+,25?,26-,31-/m1/s1. The van der Waals surface area contributed by atoms with Gasteiger partial charge in [-0.25, -0.2) is 9.37 Å². The second-order valence-electron chi connectivity index (χ2n) is 12.3. The maximum absolute atomic E-state index is 14.7. The zero-order chi connectivity index (χ0) is 26.4. The van der Waals surface area contributed by atoms with E-state index in [9.17, 15) is 4.39 Å². The van der Waals surface area contributed by atoms with Gasteiger partial charge in [0.15, 0.2) is 11.6 Å². The topological polar surface area (TPSA) is 85.7 Å². The highest BCUT2D eigenvalue weighted by Crippen LogP contribution is 2.51. The third-order valence-corrected chi connectivity index (χ3v) is 9.40. The Morgan fingerprint density at radius 3 is 2.68 bits per heavy atom. The van der Waals surface area contributed by atoms with E-state index in [1.54, 1.807) is 0 Å². The van der Waals surface area contributed by atoms with Crippen molar-refractivity contribution >= 4 is 11.8 Å². The maximum atomic E-state index is 14.7. The molecule has 1 unspecified atom stereocenters. The number of nitrogens with one attached hydrogen (secondary N) is 3.